The number of nitrogens with zero attached hydrogens (tertiary/aromatic N) is 2. The number of nitro benzene ring substituents is 1. The molecule has 0 radical (unpaired) electrons. The Bertz CT molecular complexity index is 1320. The van der Waals surface area contributed by atoms with E-state index >= 15 is 0 Å². The molecule has 1 amide bonds. The smallest absolute Gasteiger partial charge is 0.269 e. The highest BCUT2D eigenvalue weighted by Crippen LogP contribution is 2.23. The second-order valence-electron chi connectivity index (χ2n) is 6.79. The molecule has 0 saturated heterocycles. The van der Waals surface area contributed by atoms with E-state index in [4.69, 9.17) is 0 Å². The molecule has 1 aromatic heterocycles. The highest BCUT2D eigenvalue weighted by atomic mass is 16.6. The first-order valence-corrected chi connectivity index (χ1v) is 9.24. The molecule has 0 unspecified atom stereocenters. The summed E-state index contributed by atoms with van der Waals surface area (Å²) in [5, 5.41) is 15.8. The number of non-ortho nitro benzene ring substituents is 1. The number of anilines is 1. The zero-order valence-corrected chi connectivity index (χ0v) is 15.8. The maximum atomic E-state index is 12.8. The molecule has 7 nitrogen and oxygen atoms in total. The minimum Gasteiger partial charge on any atom is -0.321 e. The van der Waals surface area contributed by atoms with Gasteiger partial charge in [0.25, 0.3) is 17.2 Å². The first-order chi connectivity index (χ1) is 14.5. The van der Waals surface area contributed by atoms with Crippen LogP contribution in [0.5, 0.6) is 0 Å². The number of hydrogen-bond acceptors (Lipinski definition) is 4. The molecule has 4 rings (SSSR count). The van der Waals surface area contributed by atoms with Crippen LogP contribution in [0.15, 0.2) is 89.9 Å². The van der Waals surface area contributed by atoms with E-state index in [1.54, 1.807) is 12.1 Å². The first kappa shape index (κ1) is 19.1. The molecule has 4 aromatic rings. The lowest BCUT2D eigenvalue weighted by molar-refractivity contribution is -0.384. The van der Waals surface area contributed by atoms with Gasteiger partial charge in [0.1, 0.15) is 0 Å². The number of pyridine rings is 1. The number of nitrogens with one attached hydrogen (secondary N) is 1. The molecular formula is C23H17N3O4. The van der Waals surface area contributed by atoms with Crippen molar-refractivity contribution in [3.63, 3.8) is 0 Å². The van der Waals surface area contributed by atoms with E-state index in [0.29, 0.717) is 16.8 Å². The Hall–Kier alpha value is -4.26. The minimum atomic E-state index is -0.486. The minimum absolute atomic E-state index is 0.0506. The predicted octanol–water partition coefficient (Wildman–Crippen LogP) is 4.21. The van der Waals surface area contributed by atoms with Crippen LogP contribution in [-0.4, -0.2) is 15.4 Å². The summed E-state index contributed by atoms with van der Waals surface area (Å²) in [6.07, 6.45) is 1.46. The van der Waals surface area contributed by atoms with E-state index in [1.807, 2.05) is 42.5 Å². The Labute approximate surface area is 171 Å². The molecule has 148 valence electrons. The zero-order valence-electron chi connectivity index (χ0n) is 15.8. The second-order valence-corrected chi connectivity index (χ2v) is 6.79. The predicted molar refractivity (Wildman–Crippen MR) is 115 cm³/mol. The fourth-order valence-corrected chi connectivity index (χ4v) is 3.28. The highest BCUT2D eigenvalue weighted by Gasteiger charge is 2.11. The van der Waals surface area contributed by atoms with Crippen LogP contribution in [-0.2, 0) is 6.54 Å². The van der Waals surface area contributed by atoms with Crippen LogP contribution in [0.3, 0.4) is 0 Å². The first-order valence-electron chi connectivity index (χ1n) is 9.24. The number of aromatic nitrogens is 1. The fourth-order valence-electron chi connectivity index (χ4n) is 3.28. The third-order valence-electron chi connectivity index (χ3n) is 4.76. The summed E-state index contributed by atoms with van der Waals surface area (Å²) < 4.78 is 1.36. The van der Waals surface area contributed by atoms with Gasteiger partial charge in [-0.15, -0.1) is 0 Å². The molecule has 1 N–H and O–H groups in total. The number of amides is 1. The van der Waals surface area contributed by atoms with Crippen molar-refractivity contribution in [1.82, 2.24) is 4.57 Å². The van der Waals surface area contributed by atoms with Gasteiger partial charge in [-0.1, -0.05) is 48.5 Å². The van der Waals surface area contributed by atoms with E-state index in [2.05, 4.69) is 5.32 Å². The number of nitro groups is 1. The van der Waals surface area contributed by atoms with E-state index < -0.39 is 4.92 Å². The summed E-state index contributed by atoms with van der Waals surface area (Å²) in [4.78, 5) is 35.5. The molecule has 7 heteroatoms. The van der Waals surface area contributed by atoms with Crippen LogP contribution in [0.1, 0.15) is 15.9 Å². The van der Waals surface area contributed by atoms with E-state index in [0.717, 1.165) is 10.8 Å². The Balaban J connectivity index is 1.61. The monoisotopic (exact) mass is 399 g/mol. The van der Waals surface area contributed by atoms with Crippen molar-refractivity contribution in [3.8, 4) is 0 Å². The molecule has 0 aliphatic rings. The van der Waals surface area contributed by atoms with Crippen LogP contribution in [0, 0.1) is 10.1 Å². The molecule has 0 bridgehead atoms. The molecule has 3 aromatic carbocycles. The van der Waals surface area contributed by atoms with Crippen LogP contribution < -0.4 is 10.9 Å². The number of carbonyl (C=O) groups is 1. The van der Waals surface area contributed by atoms with Gasteiger partial charge in [0.05, 0.1) is 17.0 Å². The Morgan fingerprint density at radius 1 is 0.967 bits per heavy atom. The van der Waals surface area contributed by atoms with E-state index in [9.17, 15) is 19.7 Å². The van der Waals surface area contributed by atoms with Crippen LogP contribution >= 0.6 is 0 Å². The van der Waals surface area contributed by atoms with Crippen LogP contribution in [0.25, 0.3) is 10.8 Å². The summed E-state index contributed by atoms with van der Waals surface area (Å²) >= 11 is 0. The summed E-state index contributed by atoms with van der Waals surface area (Å²) in [5.41, 5.74) is 1.23. The molecule has 0 aliphatic carbocycles. The van der Waals surface area contributed by atoms with Crippen molar-refractivity contribution >= 4 is 28.1 Å². The molecular weight excluding hydrogens is 382 g/mol. The lowest BCUT2D eigenvalue weighted by Gasteiger charge is -2.11. The van der Waals surface area contributed by atoms with Crippen molar-refractivity contribution in [2.75, 3.05) is 5.32 Å². The van der Waals surface area contributed by atoms with Crippen molar-refractivity contribution in [1.29, 1.82) is 0 Å². The second kappa shape index (κ2) is 8.00. The van der Waals surface area contributed by atoms with Gasteiger partial charge in [-0.25, -0.2) is 0 Å². The third-order valence-corrected chi connectivity index (χ3v) is 4.76. The zero-order chi connectivity index (χ0) is 21.1. The van der Waals surface area contributed by atoms with E-state index in [1.165, 1.54) is 35.0 Å². The average Bonchev–Trinajstić information content (AvgIpc) is 2.75. The fraction of sp³-hybridized carbons (Fsp3) is 0.0435. The van der Waals surface area contributed by atoms with Gasteiger partial charge in [-0.2, -0.15) is 0 Å². The molecule has 0 spiro atoms. The Morgan fingerprint density at radius 3 is 2.57 bits per heavy atom. The molecule has 0 saturated carbocycles. The summed E-state index contributed by atoms with van der Waals surface area (Å²) in [5.74, 6) is -0.348. The van der Waals surface area contributed by atoms with Crippen molar-refractivity contribution < 1.29 is 9.72 Å². The van der Waals surface area contributed by atoms with Gasteiger partial charge < -0.3 is 9.88 Å². The standard InChI is InChI=1S/C23H17N3O4/c27-22-12-11-18(15-25(22)14-16-5-3-8-19(13-16)26(29)30)23(28)24-21-10-4-7-17-6-1-2-9-20(17)21/h1-13,15H,14H2,(H,24,28). The maximum absolute atomic E-state index is 12.8. The number of benzene rings is 3. The third kappa shape index (κ3) is 3.95. The Morgan fingerprint density at radius 2 is 1.73 bits per heavy atom. The normalized spacial score (nSPS) is 10.7. The molecule has 0 atom stereocenters. The number of rotatable bonds is 5. The van der Waals surface area contributed by atoms with Gasteiger partial charge in [0, 0.05) is 35.5 Å². The van der Waals surface area contributed by atoms with Crippen LogP contribution in [0.4, 0.5) is 11.4 Å². The molecule has 1 heterocycles. The van der Waals surface area contributed by atoms with Crippen molar-refractivity contribution in [2.45, 2.75) is 6.54 Å². The Kier molecular flexibility index (Phi) is 5.09. The highest BCUT2D eigenvalue weighted by molar-refractivity contribution is 6.09. The van der Waals surface area contributed by atoms with Gasteiger partial charge in [0.2, 0.25) is 0 Å². The lowest BCUT2D eigenvalue weighted by Crippen LogP contribution is -2.22. The lowest BCUT2D eigenvalue weighted by atomic mass is 10.1. The average molecular weight is 399 g/mol. The largest absolute Gasteiger partial charge is 0.321 e. The van der Waals surface area contributed by atoms with Crippen LogP contribution in [0.2, 0.25) is 0 Å². The molecule has 0 aliphatic heterocycles. The molecule has 0 fully saturated rings. The molecule has 30 heavy (non-hydrogen) atoms. The number of hydrogen-bond donors (Lipinski definition) is 1. The summed E-state index contributed by atoms with van der Waals surface area (Å²) in [7, 11) is 0. The number of carbonyl (C=O) groups excluding carboxylic acids is 1. The van der Waals surface area contributed by atoms with Gasteiger partial charge in [-0.05, 0) is 23.1 Å². The van der Waals surface area contributed by atoms with Gasteiger partial charge >= 0.3 is 0 Å². The van der Waals surface area contributed by atoms with Crippen molar-refractivity contribution in [3.05, 3.63) is 117 Å². The topological polar surface area (TPSA) is 94.2 Å². The van der Waals surface area contributed by atoms with Gasteiger partial charge in [0.15, 0.2) is 0 Å². The summed E-state index contributed by atoms with van der Waals surface area (Å²) in [6.45, 7) is 0.121. The quantitative estimate of drug-likeness (QED) is 0.402. The SMILES string of the molecule is O=C(Nc1cccc2ccccc12)c1ccc(=O)n(Cc2cccc([N+](=O)[O-])c2)c1. The maximum Gasteiger partial charge on any atom is 0.269 e. The van der Waals surface area contributed by atoms with Crippen molar-refractivity contribution in [2.24, 2.45) is 0 Å². The summed E-state index contributed by atoms with van der Waals surface area (Å²) in [6, 6.07) is 22.2. The van der Waals surface area contributed by atoms with Gasteiger partial charge in [-0.3, -0.25) is 19.7 Å². The van der Waals surface area contributed by atoms with E-state index in [-0.39, 0.29) is 23.7 Å². The number of fused-ring (bicyclic) bond motifs is 1.